The number of aromatic nitrogens is 1. The van der Waals surface area contributed by atoms with Crippen LogP contribution in [0.15, 0.2) is 78.9 Å². The second-order valence-electron chi connectivity index (χ2n) is 10.5. The van der Waals surface area contributed by atoms with E-state index in [1.165, 1.54) is 24.3 Å². The van der Waals surface area contributed by atoms with Crippen molar-refractivity contribution in [2.45, 2.75) is 57.8 Å². The van der Waals surface area contributed by atoms with Gasteiger partial charge in [-0.1, -0.05) is 42.5 Å². The molecule has 3 aromatic carbocycles. The molecular formula is C33H35F2N2NaO5. The molecule has 10 heteroatoms. The van der Waals surface area contributed by atoms with E-state index in [0.29, 0.717) is 39.3 Å². The SMILES string of the molecule is CC(C)n1c(CC[C@@H](O)C[C@@H](O)CC(=O)O)c(-c2ccc(F)cc2)c(-c2ccc(F)cc2)c1C(=O)Nc1ccccc1.[H-].[Na+]. The average Bonchev–Trinajstić information content (AvgIpc) is 3.28. The van der Waals surface area contributed by atoms with E-state index in [0.717, 1.165) is 0 Å². The number of benzene rings is 3. The summed E-state index contributed by atoms with van der Waals surface area (Å²) in [6.45, 7) is 3.83. The molecule has 0 saturated carbocycles. The molecule has 0 unspecified atom stereocenters. The van der Waals surface area contributed by atoms with E-state index < -0.39 is 42.1 Å². The maximum absolute atomic E-state index is 14.0. The zero-order valence-corrected chi connectivity index (χ0v) is 26.4. The molecule has 1 amide bonds. The van der Waals surface area contributed by atoms with Gasteiger partial charge in [-0.3, -0.25) is 9.59 Å². The third kappa shape index (κ3) is 8.61. The number of nitrogens with one attached hydrogen (secondary N) is 1. The Labute approximate surface area is 273 Å². The van der Waals surface area contributed by atoms with E-state index in [9.17, 15) is 28.6 Å². The second kappa shape index (κ2) is 15.4. The van der Waals surface area contributed by atoms with Gasteiger partial charge in [0.05, 0.1) is 18.6 Å². The van der Waals surface area contributed by atoms with Crippen molar-refractivity contribution < 1.29 is 64.7 Å². The van der Waals surface area contributed by atoms with E-state index in [1.54, 1.807) is 48.5 Å². The third-order valence-corrected chi connectivity index (χ3v) is 7.00. The van der Waals surface area contributed by atoms with Crippen LogP contribution in [-0.4, -0.2) is 44.0 Å². The van der Waals surface area contributed by atoms with Crippen molar-refractivity contribution in [1.82, 2.24) is 4.57 Å². The summed E-state index contributed by atoms with van der Waals surface area (Å²) in [5, 5.41) is 32.7. The van der Waals surface area contributed by atoms with Gasteiger partial charge >= 0.3 is 35.5 Å². The summed E-state index contributed by atoms with van der Waals surface area (Å²) in [6.07, 6.45) is -2.45. The van der Waals surface area contributed by atoms with Crippen molar-refractivity contribution in [2.75, 3.05) is 5.32 Å². The van der Waals surface area contributed by atoms with Crippen LogP contribution in [0, 0.1) is 11.6 Å². The van der Waals surface area contributed by atoms with E-state index in [-0.39, 0.29) is 56.3 Å². The normalized spacial score (nSPS) is 12.4. The summed E-state index contributed by atoms with van der Waals surface area (Å²) in [7, 11) is 0. The van der Waals surface area contributed by atoms with Crippen LogP contribution in [0.5, 0.6) is 0 Å². The Morgan fingerprint density at radius 2 is 1.37 bits per heavy atom. The first kappa shape index (κ1) is 34.2. The van der Waals surface area contributed by atoms with Crippen molar-refractivity contribution in [3.63, 3.8) is 0 Å². The predicted molar refractivity (Wildman–Crippen MR) is 158 cm³/mol. The molecule has 7 nitrogen and oxygen atoms in total. The van der Waals surface area contributed by atoms with Crippen molar-refractivity contribution >= 4 is 17.6 Å². The Morgan fingerprint density at radius 1 is 0.837 bits per heavy atom. The van der Waals surface area contributed by atoms with Gasteiger partial charge in [0, 0.05) is 28.6 Å². The van der Waals surface area contributed by atoms with E-state index in [4.69, 9.17) is 5.11 Å². The molecule has 0 aliphatic rings. The summed E-state index contributed by atoms with van der Waals surface area (Å²) in [6, 6.07) is 20.4. The Bertz CT molecular complexity index is 1530. The Hall–Kier alpha value is -3.34. The molecule has 4 aromatic rings. The first-order valence-corrected chi connectivity index (χ1v) is 13.8. The number of para-hydroxylation sites is 1. The first-order chi connectivity index (χ1) is 20.0. The first-order valence-electron chi connectivity index (χ1n) is 13.8. The fourth-order valence-corrected chi connectivity index (χ4v) is 5.23. The van der Waals surface area contributed by atoms with Gasteiger partial charge < -0.3 is 26.6 Å². The molecule has 4 rings (SSSR count). The summed E-state index contributed by atoms with van der Waals surface area (Å²) >= 11 is 0. The van der Waals surface area contributed by atoms with E-state index in [1.807, 2.05) is 24.5 Å². The maximum atomic E-state index is 14.0. The van der Waals surface area contributed by atoms with Crippen molar-refractivity contribution in [2.24, 2.45) is 0 Å². The monoisotopic (exact) mass is 600 g/mol. The number of carboxylic acids is 1. The van der Waals surface area contributed by atoms with Crippen molar-refractivity contribution in [1.29, 1.82) is 0 Å². The van der Waals surface area contributed by atoms with Gasteiger partial charge in [0.15, 0.2) is 0 Å². The number of carbonyl (C=O) groups excluding carboxylic acids is 1. The molecule has 0 fully saturated rings. The molecule has 0 aliphatic carbocycles. The molecule has 2 atom stereocenters. The van der Waals surface area contributed by atoms with Gasteiger partial charge in [-0.2, -0.15) is 0 Å². The number of halogens is 2. The predicted octanol–water partition coefficient (Wildman–Crippen LogP) is 3.57. The number of carbonyl (C=O) groups is 2. The minimum Gasteiger partial charge on any atom is -1.00 e. The molecule has 1 aromatic heterocycles. The molecule has 222 valence electrons. The molecule has 1 heterocycles. The Morgan fingerprint density at radius 3 is 1.88 bits per heavy atom. The third-order valence-electron chi connectivity index (χ3n) is 7.00. The van der Waals surface area contributed by atoms with Crippen LogP contribution in [0.1, 0.15) is 56.8 Å². The van der Waals surface area contributed by atoms with Crippen LogP contribution >= 0.6 is 0 Å². The molecular weight excluding hydrogens is 565 g/mol. The van der Waals surface area contributed by atoms with Gasteiger partial charge in [0.2, 0.25) is 0 Å². The summed E-state index contributed by atoms with van der Waals surface area (Å²) in [5.74, 6) is -2.44. The average molecular weight is 601 g/mol. The summed E-state index contributed by atoms with van der Waals surface area (Å²) < 4.78 is 29.9. The molecule has 0 bridgehead atoms. The molecule has 0 radical (unpaired) electrons. The minimum absolute atomic E-state index is 0. The smallest absolute Gasteiger partial charge is 1.00 e. The number of anilines is 1. The molecule has 0 aliphatic heterocycles. The van der Waals surface area contributed by atoms with Crippen LogP contribution < -0.4 is 34.9 Å². The summed E-state index contributed by atoms with van der Waals surface area (Å²) in [5.41, 5.74) is 3.94. The van der Waals surface area contributed by atoms with Gasteiger partial charge in [-0.15, -0.1) is 0 Å². The summed E-state index contributed by atoms with van der Waals surface area (Å²) in [4.78, 5) is 25.0. The maximum Gasteiger partial charge on any atom is 1.00 e. The number of hydrogen-bond acceptors (Lipinski definition) is 4. The Balaban J connectivity index is 0.00000337. The number of rotatable bonds is 12. The van der Waals surface area contributed by atoms with Gasteiger partial charge in [-0.05, 0) is 80.6 Å². The number of aliphatic hydroxyl groups excluding tert-OH is 2. The number of hydrogen-bond donors (Lipinski definition) is 4. The van der Waals surface area contributed by atoms with Crippen LogP contribution in [0.25, 0.3) is 22.3 Å². The quantitative estimate of drug-likeness (QED) is 0.186. The number of aliphatic hydroxyl groups is 2. The van der Waals surface area contributed by atoms with Crippen molar-refractivity contribution in [3.05, 3.63) is 102 Å². The van der Waals surface area contributed by atoms with E-state index in [2.05, 4.69) is 5.32 Å². The van der Waals surface area contributed by atoms with Gasteiger partial charge in [0.1, 0.15) is 17.3 Å². The number of amides is 1. The number of aliphatic carboxylic acids is 1. The van der Waals surface area contributed by atoms with Crippen molar-refractivity contribution in [3.8, 4) is 22.3 Å². The topological polar surface area (TPSA) is 112 Å². The minimum atomic E-state index is -1.21. The molecule has 43 heavy (non-hydrogen) atoms. The van der Waals surface area contributed by atoms with Crippen LogP contribution in [-0.2, 0) is 11.2 Å². The fourth-order valence-electron chi connectivity index (χ4n) is 5.23. The van der Waals surface area contributed by atoms with Crippen LogP contribution in [0.2, 0.25) is 0 Å². The van der Waals surface area contributed by atoms with Gasteiger partial charge in [0.25, 0.3) is 5.91 Å². The fraction of sp³-hybridized carbons (Fsp3) is 0.273. The standard InChI is InChI=1S/C33H34F2N2O5.Na.H/c1-20(2)37-28(17-16-26(38)18-27(39)19-29(40)41)30(21-8-12-23(34)13-9-21)31(22-10-14-24(35)15-11-22)32(37)33(42)36-25-6-4-3-5-7-25;;/h3-15,20,26-27,38-39H,16-19H2,1-2H3,(H,36,42)(H,40,41);;/q;+1;-1/t26-,27-;;/m1../s1. The van der Waals surface area contributed by atoms with E-state index >= 15 is 0 Å². The molecule has 0 saturated heterocycles. The zero-order valence-electron chi connectivity index (χ0n) is 25.4. The second-order valence-corrected chi connectivity index (χ2v) is 10.5. The Kier molecular flexibility index (Phi) is 12.2. The number of nitrogens with zero attached hydrogens (tertiary/aromatic N) is 1. The number of carboxylic acid groups (broad SMARTS) is 1. The van der Waals surface area contributed by atoms with Gasteiger partial charge in [-0.25, -0.2) is 8.78 Å². The molecule has 4 N–H and O–H groups in total. The van der Waals surface area contributed by atoms with Crippen LogP contribution in [0.4, 0.5) is 14.5 Å². The molecule has 0 spiro atoms. The van der Waals surface area contributed by atoms with Crippen LogP contribution in [0.3, 0.4) is 0 Å². The largest absolute Gasteiger partial charge is 1.00 e. The zero-order chi connectivity index (χ0) is 30.4.